The summed E-state index contributed by atoms with van der Waals surface area (Å²) in [5.41, 5.74) is 4.74. The standard InChI is InChI=1S/C21H23N3O/c1-15(24-14-23-19-11-4-5-12-20(19)24)21(25)22-13-17-9-6-8-16-7-2-3-10-18(16)17/h2-5,7,10-12,14-15,17H,6,8-9,13H2,1H3,(H,22,25)/t15-,17-/m1/s1. The Hall–Kier alpha value is -2.62. The SMILES string of the molecule is C[C@H](C(=O)NC[C@H]1CCCc2ccccc21)n1cnc2ccccc21. The van der Waals surface area contributed by atoms with Crippen molar-refractivity contribution in [3.8, 4) is 0 Å². The highest BCUT2D eigenvalue weighted by Crippen LogP contribution is 2.31. The van der Waals surface area contributed by atoms with Crippen molar-refractivity contribution >= 4 is 16.9 Å². The van der Waals surface area contributed by atoms with E-state index in [9.17, 15) is 4.79 Å². The van der Waals surface area contributed by atoms with E-state index in [0.29, 0.717) is 12.5 Å². The summed E-state index contributed by atoms with van der Waals surface area (Å²) in [5, 5.41) is 3.16. The Kier molecular flexibility index (Phi) is 4.26. The second kappa shape index (κ2) is 6.71. The quantitative estimate of drug-likeness (QED) is 0.789. The number of para-hydroxylation sites is 2. The number of carbonyl (C=O) groups excluding carboxylic acids is 1. The van der Waals surface area contributed by atoms with Gasteiger partial charge in [-0.15, -0.1) is 0 Å². The summed E-state index contributed by atoms with van der Waals surface area (Å²) in [6.45, 7) is 2.63. The van der Waals surface area contributed by atoms with Crippen LogP contribution < -0.4 is 5.32 Å². The van der Waals surface area contributed by atoms with E-state index in [2.05, 4.69) is 34.6 Å². The first-order chi connectivity index (χ1) is 12.2. The van der Waals surface area contributed by atoms with Gasteiger partial charge in [0, 0.05) is 12.5 Å². The van der Waals surface area contributed by atoms with Crippen molar-refractivity contribution < 1.29 is 4.79 Å². The molecule has 1 heterocycles. The van der Waals surface area contributed by atoms with Crippen LogP contribution in [0, 0.1) is 0 Å². The number of aryl methyl sites for hydroxylation is 1. The molecule has 2 atom stereocenters. The molecule has 25 heavy (non-hydrogen) atoms. The van der Waals surface area contributed by atoms with Crippen LogP contribution in [-0.2, 0) is 11.2 Å². The Bertz CT molecular complexity index is 899. The molecule has 2 aromatic carbocycles. The lowest BCUT2D eigenvalue weighted by molar-refractivity contribution is -0.123. The van der Waals surface area contributed by atoms with Gasteiger partial charge in [0.2, 0.25) is 5.91 Å². The van der Waals surface area contributed by atoms with E-state index >= 15 is 0 Å². The number of hydrogen-bond donors (Lipinski definition) is 1. The second-order valence-electron chi connectivity index (χ2n) is 6.85. The Balaban J connectivity index is 1.46. The van der Waals surface area contributed by atoms with E-state index in [1.54, 1.807) is 6.33 Å². The highest BCUT2D eigenvalue weighted by Gasteiger charge is 2.22. The number of aromatic nitrogens is 2. The fourth-order valence-corrected chi connectivity index (χ4v) is 3.85. The maximum Gasteiger partial charge on any atom is 0.242 e. The maximum absolute atomic E-state index is 12.7. The summed E-state index contributed by atoms with van der Waals surface area (Å²) < 4.78 is 1.94. The number of hydrogen-bond acceptors (Lipinski definition) is 2. The van der Waals surface area contributed by atoms with Gasteiger partial charge in [-0.3, -0.25) is 4.79 Å². The van der Waals surface area contributed by atoms with Gasteiger partial charge in [-0.2, -0.15) is 0 Å². The van der Waals surface area contributed by atoms with Crippen LogP contribution in [-0.4, -0.2) is 22.0 Å². The van der Waals surface area contributed by atoms with E-state index in [1.807, 2.05) is 35.8 Å². The largest absolute Gasteiger partial charge is 0.354 e. The Morgan fingerprint density at radius 3 is 2.96 bits per heavy atom. The average molecular weight is 333 g/mol. The lowest BCUT2D eigenvalue weighted by Gasteiger charge is -2.26. The Morgan fingerprint density at radius 2 is 2.04 bits per heavy atom. The van der Waals surface area contributed by atoms with E-state index in [4.69, 9.17) is 0 Å². The molecule has 0 radical (unpaired) electrons. The van der Waals surface area contributed by atoms with Crippen molar-refractivity contribution in [2.24, 2.45) is 0 Å². The minimum atomic E-state index is -0.272. The van der Waals surface area contributed by atoms with E-state index in [-0.39, 0.29) is 11.9 Å². The molecule has 1 amide bonds. The molecule has 4 nitrogen and oxygen atoms in total. The molecular formula is C21H23N3O. The van der Waals surface area contributed by atoms with Gasteiger partial charge in [-0.05, 0) is 49.4 Å². The lowest BCUT2D eigenvalue weighted by atomic mass is 9.83. The topological polar surface area (TPSA) is 46.9 Å². The van der Waals surface area contributed by atoms with Gasteiger partial charge in [0.1, 0.15) is 6.04 Å². The van der Waals surface area contributed by atoms with E-state index < -0.39 is 0 Å². The van der Waals surface area contributed by atoms with Crippen LogP contribution in [0.4, 0.5) is 0 Å². The van der Waals surface area contributed by atoms with Crippen LogP contribution in [0.25, 0.3) is 11.0 Å². The molecule has 4 heteroatoms. The van der Waals surface area contributed by atoms with Crippen molar-refractivity contribution in [1.82, 2.24) is 14.9 Å². The zero-order chi connectivity index (χ0) is 17.2. The fraction of sp³-hybridized carbons (Fsp3) is 0.333. The van der Waals surface area contributed by atoms with Gasteiger partial charge in [0.25, 0.3) is 0 Å². The third kappa shape index (κ3) is 3.04. The number of nitrogens with zero attached hydrogens (tertiary/aromatic N) is 2. The van der Waals surface area contributed by atoms with Gasteiger partial charge in [-0.25, -0.2) is 4.98 Å². The zero-order valence-corrected chi connectivity index (χ0v) is 14.5. The summed E-state index contributed by atoms with van der Waals surface area (Å²) >= 11 is 0. The van der Waals surface area contributed by atoms with Crippen LogP contribution in [0.2, 0.25) is 0 Å². The molecule has 0 saturated heterocycles. The third-order valence-corrected chi connectivity index (χ3v) is 5.29. The molecule has 4 rings (SSSR count). The van der Waals surface area contributed by atoms with Gasteiger partial charge in [0.15, 0.2) is 0 Å². The molecule has 1 aromatic heterocycles. The highest BCUT2D eigenvalue weighted by atomic mass is 16.2. The minimum absolute atomic E-state index is 0.0474. The number of amides is 1. The predicted molar refractivity (Wildman–Crippen MR) is 99.6 cm³/mol. The monoisotopic (exact) mass is 333 g/mol. The van der Waals surface area contributed by atoms with Crippen LogP contribution in [0.15, 0.2) is 54.9 Å². The Labute approximate surface area is 147 Å². The normalized spacial score (nSPS) is 17.9. The number of benzene rings is 2. The first kappa shape index (κ1) is 15.9. The van der Waals surface area contributed by atoms with Crippen LogP contribution >= 0.6 is 0 Å². The number of carbonyl (C=O) groups is 1. The molecule has 1 N–H and O–H groups in total. The zero-order valence-electron chi connectivity index (χ0n) is 14.5. The first-order valence-electron chi connectivity index (χ1n) is 9.01. The molecule has 0 unspecified atom stereocenters. The van der Waals surface area contributed by atoms with Crippen LogP contribution in [0.1, 0.15) is 42.9 Å². The smallest absolute Gasteiger partial charge is 0.242 e. The van der Waals surface area contributed by atoms with Crippen molar-refractivity contribution in [1.29, 1.82) is 0 Å². The molecule has 0 saturated carbocycles. The van der Waals surface area contributed by atoms with Crippen molar-refractivity contribution in [3.05, 3.63) is 66.0 Å². The fourth-order valence-electron chi connectivity index (χ4n) is 3.85. The molecule has 0 fully saturated rings. The third-order valence-electron chi connectivity index (χ3n) is 5.29. The lowest BCUT2D eigenvalue weighted by Crippen LogP contribution is -2.34. The molecule has 128 valence electrons. The summed E-state index contributed by atoms with van der Waals surface area (Å²) in [4.78, 5) is 17.1. The summed E-state index contributed by atoms with van der Waals surface area (Å²) in [6, 6.07) is 16.3. The van der Waals surface area contributed by atoms with E-state index in [0.717, 1.165) is 23.9 Å². The summed E-state index contributed by atoms with van der Waals surface area (Å²) in [6.07, 6.45) is 5.24. The molecule has 0 bridgehead atoms. The van der Waals surface area contributed by atoms with Gasteiger partial charge >= 0.3 is 0 Å². The molecule has 1 aliphatic carbocycles. The van der Waals surface area contributed by atoms with Gasteiger partial charge < -0.3 is 9.88 Å². The van der Waals surface area contributed by atoms with Gasteiger partial charge in [0.05, 0.1) is 17.4 Å². The molecule has 1 aliphatic rings. The average Bonchev–Trinajstić information content (AvgIpc) is 3.09. The molecule has 3 aromatic rings. The van der Waals surface area contributed by atoms with Crippen molar-refractivity contribution in [2.75, 3.05) is 6.54 Å². The number of imidazole rings is 1. The predicted octanol–water partition coefficient (Wildman–Crippen LogP) is 3.83. The van der Waals surface area contributed by atoms with Gasteiger partial charge in [-0.1, -0.05) is 36.4 Å². The summed E-state index contributed by atoms with van der Waals surface area (Å²) in [7, 11) is 0. The van der Waals surface area contributed by atoms with Crippen LogP contribution in [0.3, 0.4) is 0 Å². The van der Waals surface area contributed by atoms with E-state index in [1.165, 1.54) is 17.5 Å². The highest BCUT2D eigenvalue weighted by molar-refractivity contribution is 5.83. The van der Waals surface area contributed by atoms with Crippen molar-refractivity contribution in [2.45, 2.75) is 38.1 Å². The number of fused-ring (bicyclic) bond motifs is 2. The molecular weight excluding hydrogens is 310 g/mol. The summed E-state index contributed by atoms with van der Waals surface area (Å²) in [5.74, 6) is 0.465. The first-order valence-corrected chi connectivity index (χ1v) is 9.01. The minimum Gasteiger partial charge on any atom is -0.354 e. The number of rotatable bonds is 4. The Morgan fingerprint density at radius 1 is 1.24 bits per heavy atom. The van der Waals surface area contributed by atoms with Crippen LogP contribution in [0.5, 0.6) is 0 Å². The maximum atomic E-state index is 12.7. The molecule has 0 aliphatic heterocycles. The number of nitrogens with one attached hydrogen (secondary N) is 1. The molecule has 0 spiro atoms. The second-order valence-corrected chi connectivity index (χ2v) is 6.85. The van der Waals surface area contributed by atoms with Crippen molar-refractivity contribution in [3.63, 3.8) is 0 Å².